The molecule has 0 unspecified atom stereocenters. The highest BCUT2D eigenvalue weighted by atomic mass is 16.2. The van der Waals surface area contributed by atoms with E-state index >= 15 is 0 Å². The minimum Gasteiger partial charge on any atom is -0.322 e. The van der Waals surface area contributed by atoms with Gasteiger partial charge in [-0.05, 0) is 54.8 Å². The number of aryl methyl sites for hydroxylation is 1. The molecule has 3 aromatic carbocycles. The van der Waals surface area contributed by atoms with E-state index in [9.17, 15) is 14.4 Å². The van der Waals surface area contributed by atoms with Gasteiger partial charge in [-0.1, -0.05) is 42.8 Å². The van der Waals surface area contributed by atoms with Crippen LogP contribution in [0.2, 0.25) is 0 Å². The molecule has 0 aliphatic carbocycles. The zero-order valence-corrected chi connectivity index (χ0v) is 20.2. The van der Waals surface area contributed by atoms with Gasteiger partial charge in [-0.2, -0.15) is 0 Å². The van der Waals surface area contributed by atoms with Gasteiger partial charge in [0.1, 0.15) is 5.82 Å². The van der Waals surface area contributed by atoms with Gasteiger partial charge in [0.25, 0.3) is 17.7 Å². The number of fused-ring (bicyclic) bond motifs is 2. The van der Waals surface area contributed by atoms with Crippen molar-refractivity contribution in [1.82, 2.24) is 19.7 Å². The maximum atomic E-state index is 13.1. The molecule has 1 aromatic heterocycles. The predicted octanol–water partition coefficient (Wildman–Crippen LogP) is 4.72. The Kier molecular flexibility index (Phi) is 5.84. The molecule has 3 heterocycles. The van der Waals surface area contributed by atoms with Crippen molar-refractivity contribution in [3.63, 3.8) is 0 Å². The van der Waals surface area contributed by atoms with Crippen LogP contribution in [0.1, 0.15) is 61.7 Å². The fraction of sp³-hybridized carbons (Fsp3) is 0.207. The van der Waals surface area contributed by atoms with Crippen LogP contribution in [0.4, 0.5) is 5.69 Å². The van der Waals surface area contributed by atoms with Crippen molar-refractivity contribution in [3.8, 4) is 11.4 Å². The molecule has 8 heteroatoms. The van der Waals surface area contributed by atoms with E-state index in [0.29, 0.717) is 27.9 Å². The largest absolute Gasteiger partial charge is 0.322 e. The number of amides is 3. The Morgan fingerprint density at radius 2 is 1.62 bits per heavy atom. The molecule has 2 aliphatic heterocycles. The van der Waals surface area contributed by atoms with Crippen molar-refractivity contribution in [3.05, 3.63) is 101 Å². The van der Waals surface area contributed by atoms with E-state index in [1.165, 1.54) is 11.3 Å². The predicted molar refractivity (Wildman–Crippen MR) is 138 cm³/mol. The van der Waals surface area contributed by atoms with Gasteiger partial charge in [-0.3, -0.25) is 19.3 Å². The monoisotopic (exact) mass is 491 g/mol. The van der Waals surface area contributed by atoms with Crippen molar-refractivity contribution in [1.29, 1.82) is 0 Å². The molecule has 3 amide bonds. The average molecular weight is 492 g/mol. The van der Waals surface area contributed by atoms with Crippen LogP contribution in [-0.4, -0.2) is 37.4 Å². The summed E-state index contributed by atoms with van der Waals surface area (Å²) in [6.07, 6.45) is 4.34. The number of anilines is 1. The van der Waals surface area contributed by atoms with Crippen molar-refractivity contribution >= 4 is 23.4 Å². The number of carbonyl (C=O) groups is 3. The first-order valence-corrected chi connectivity index (χ1v) is 12.5. The number of nitrogens with zero attached hydrogens (tertiary/aromatic N) is 4. The summed E-state index contributed by atoms with van der Waals surface area (Å²) >= 11 is 0. The molecule has 0 bridgehead atoms. The molecule has 8 nitrogen and oxygen atoms in total. The molecule has 6 rings (SSSR count). The molecule has 2 aliphatic rings. The lowest BCUT2D eigenvalue weighted by Crippen LogP contribution is -2.29. The maximum Gasteiger partial charge on any atom is 0.261 e. The molecular formula is C29H25N5O3. The van der Waals surface area contributed by atoms with Crippen LogP contribution in [0.25, 0.3) is 11.4 Å². The molecule has 184 valence electrons. The highest BCUT2D eigenvalue weighted by Crippen LogP contribution is 2.26. The third-order valence-electron chi connectivity index (χ3n) is 6.90. The van der Waals surface area contributed by atoms with Crippen LogP contribution in [0.3, 0.4) is 0 Å². The van der Waals surface area contributed by atoms with Gasteiger partial charge in [0.15, 0.2) is 5.82 Å². The van der Waals surface area contributed by atoms with E-state index in [2.05, 4.69) is 20.1 Å². The van der Waals surface area contributed by atoms with Crippen LogP contribution in [0.5, 0.6) is 0 Å². The third-order valence-corrected chi connectivity index (χ3v) is 6.90. The lowest BCUT2D eigenvalue weighted by molar-refractivity contribution is 0.0642. The molecule has 0 atom stereocenters. The zero-order valence-electron chi connectivity index (χ0n) is 20.2. The van der Waals surface area contributed by atoms with Crippen molar-refractivity contribution in [2.24, 2.45) is 0 Å². The lowest BCUT2D eigenvalue weighted by atomic mass is 10.1. The Morgan fingerprint density at radius 1 is 0.838 bits per heavy atom. The second-order valence-corrected chi connectivity index (χ2v) is 9.38. The van der Waals surface area contributed by atoms with Crippen molar-refractivity contribution in [2.45, 2.75) is 38.8 Å². The van der Waals surface area contributed by atoms with E-state index in [4.69, 9.17) is 0 Å². The van der Waals surface area contributed by atoms with Gasteiger partial charge in [0, 0.05) is 29.8 Å². The Labute approximate surface area is 213 Å². The summed E-state index contributed by atoms with van der Waals surface area (Å²) in [7, 11) is 0. The van der Waals surface area contributed by atoms with Gasteiger partial charge >= 0.3 is 0 Å². The Hall–Kier alpha value is -4.59. The SMILES string of the molecule is O=C(Nc1cccc(-c2nnc3n2CCCCC3)c1)c1cccc(CN2C(=O)c3ccccc3C2=O)c1. The number of imide groups is 1. The Balaban J connectivity index is 1.19. The third kappa shape index (κ3) is 4.31. The molecule has 0 saturated heterocycles. The number of hydrogen-bond donors (Lipinski definition) is 1. The summed E-state index contributed by atoms with van der Waals surface area (Å²) in [6.45, 7) is 0.995. The molecule has 0 radical (unpaired) electrons. The fourth-order valence-electron chi connectivity index (χ4n) is 5.01. The summed E-state index contributed by atoms with van der Waals surface area (Å²) in [5, 5.41) is 11.8. The summed E-state index contributed by atoms with van der Waals surface area (Å²) in [5.41, 5.74) is 3.51. The Bertz CT molecular complexity index is 1510. The molecule has 37 heavy (non-hydrogen) atoms. The molecular weight excluding hydrogens is 466 g/mol. The van der Waals surface area contributed by atoms with E-state index in [-0.39, 0.29) is 24.3 Å². The standard InChI is InChI=1S/C29H25N5O3/c35-27(30-22-11-7-9-20(17-22)26-32-31-25-14-2-1-5-15-33(25)26)21-10-6-8-19(16-21)18-34-28(36)23-12-3-4-13-24(23)29(34)37/h3-4,6-13,16-17H,1-2,5,14-15,18H2,(H,30,35). The van der Waals surface area contributed by atoms with E-state index < -0.39 is 0 Å². The van der Waals surface area contributed by atoms with E-state index in [0.717, 1.165) is 43.0 Å². The maximum absolute atomic E-state index is 13.1. The van der Waals surface area contributed by atoms with Gasteiger partial charge in [-0.25, -0.2) is 0 Å². The zero-order chi connectivity index (χ0) is 25.4. The summed E-state index contributed by atoms with van der Waals surface area (Å²) in [4.78, 5) is 39.8. The highest BCUT2D eigenvalue weighted by molar-refractivity contribution is 6.21. The molecule has 4 aromatic rings. The van der Waals surface area contributed by atoms with Gasteiger partial charge in [0.2, 0.25) is 0 Å². The van der Waals surface area contributed by atoms with E-state index in [1.54, 1.807) is 48.5 Å². The van der Waals surface area contributed by atoms with E-state index in [1.807, 2.05) is 24.3 Å². The fourth-order valence-corrected chi connectivity index (χ4v) is 5.01. The van der Waals surface area contributed by atoms with Crippen molar-refractivity contribution < 1.29 is 14.4 Å². The quantitative estimate of drug-likeness (QED) is 0.408. The minimum absolute atomic E-state index is 0.0982. The Morgan fingerprint density at radius 3 is 2.43 bits per heavy atom. The summed E-state index contributed by atoms with van der Waals surface area (Å²) in [5.74, 6) is 0.909. The second-order valence-electron chi connectivity index (χ2n) is 9.38. The number of rotatable bonds is 5. The molecule has 1 N–H and O–H groups in total. The molecule has 0 fully saturated rings. The molecule has 0 spiro atoms. The smallest absolute Gasteiger partial charge is 0.261 e. The van der Waals surface area contributed by atoms with Crippen LogP contribution >= 0.6 is 0 Å². The average Bonchev–Trinajstić information content (AvgIpc) is 3.32. The summed E-state index contributed by atoms with van der Waals surface area (Å²) in [6, 6.07) is 21.4. The van der Waals surface area contributed by atoms with Gasteiger partial charge < -0.3 is 9.88 Å². The lowest BCUT2D eigenvalue weighted by Gasteiger charge is -2.14. The highest BCUT2D eigenvalue weighted by Gasteiger charge is 2.35. The minimum atomic E-state index is -0.321. The molecule has 0 saturated carbocycles. The van der Waals surface area contributed by atoms with Crippen LogP contribution in [0, 0.1) is 0 Å². The van der Waals surface area contributed by atoms with Gasteiger partial charge in [0.05, 0.1) is 17.7 Å². The number of hydrogen-bond acceptors (Lipinski definition) is 5. The first kappa shape index (κ1) is 22.8. The number of benzene rings is 3. The van der Waals surface area contributed by atoms with Crippen molar-refractivity contribution in [2.75, 3.05) is 5.32 Å². The second kappa shape index (κ2) is 9.46. The number of carbonyl (C=O) groups excluding carboxylic acids is 3. The summed E-state index contributed by atoms with van der Waals surface area (Å²) < 4.78 is 2.18. The first-order valence-electron chi connectivity index (χ1n) is 12.5. The first-order chi connectivity index (χ1) is 18.1. The van der Waals surface area contributed by atoms with Crippen LogP contribution in [-0.2, 0) is 19.5 Å². The number of aromatic nitrogens is 3. The normalized spacial score (nSPS) is 14.8. The van der Waals surface area contributed by atoms with Crippen LogP contribution in [0.15, 0.2) is 72.8 Å². The topological polar surface area (TPSA) is 97.2 Å². The number of nitrogens with one attached hydrogen (secondary N) is 1. The van der Waals surface area contributed by atoms with Crippen LogP contribution < -0.4 is 5.32 Å². The van der Waals surface area contributed by atoms with Gasteiger partial charge in [-0.15, -0.1) is 10.2 Å².